The zero-order valence-corrected chi connectivity index (χ0v) is 52.0. The van der Waals surface area contributed by atoms with Gasteiger partial charge in [0.05, 0.1) is 80.2 Å². The number of rotatable bonds is 29. The lowest BCUT2D eigenvalue weighted by Crippen LogP contribution is -2.81. The minimum Gasteiger partial charge on any atom is -0.455 e. The molecule has 2 saturated carbocycles. The molecular formula is C62H85N3O21S. The van der Waals surface area contributed by atoms with Crippen molar-refractivity contribution in [2.75, 3.05) is 64.8 Å². The number of methoxy groups -OCH3 is 1. The summed E-state index contributed by atoms with van der Waals surface area (Å²) in [4.78, 5) is 124. The Morgan fingerprint density at radius 1 is 0.828 bits per heavy atom. The van der Waals surface area contributed by atoms with Gasteiger partial charge in [0.15, 0.2) is 17.2 Å². The smallest absolute Gasteiger partial charge is 0.408 e. The number of fused-ring (bicyclic) bond motifs is 5. The van der Waals surface area contributed by atoms with Gasteiger partial charge < -0.3 is 73.9 Å². The number of carbonyl (C=O) groups is 9. The van der Waals surface area contributed by atoms with Gasteiger partial charge in [-0.2, -0.15) is 0 Å². The van der Waals surface area contributed by atoms with E-state index in [2.05, 4.69) is 16.0 Å². The molecule has 6 N–H and O–H groups in total. The van der Waals surface area contributed by atoms with Crippen molar-refractivity contribution in [1.82, 2.24) is 16.0 Å². The minimum absolute atomic E-state index is 0.0261. The Bertz CT molecular complexity index is 2810. The molecule has 24 nitrogen and oxygen atoms in total. The van der Waals surface area contributed by atoms with Crippen molar-refractivity contribution in [3.63, 3.8) is 0 Å². The largest absolute Gasteiger partial charge is 0.455 e. The van der Waals surface area contributed by atoms with E-state index in [1.807, 2.05) is 0 Å². The first-order valence-electron chi connectivity index (χ1n) is 29.2. The van der Waals surface area contributed by atoms with E-state index in [0.29, 0.717) is 45.7 Å². The molecule has 6 rings (SSSR count). The van der Waals surface area contributed by atoms with E-state index in [1.165, 1.54) is 46.8 Å². The van der Waals surface area contributed by atoms with Crippen LogP contribution in [0.2, 0.25) is 0 Å². The quantitative estimate of drug-likeness (QED) is 0.0290. The van der Waals surface area contributed by atoms with Crippen LogP contribution < -0.4 is 16.0 Å². The average Bonchev–Trinajstić information content (AvgIpc) is 0.693. The maximum absolute atomic E-state index is 15.3. The van der Waals surface area contributed by atoms with Gasteiger partial charge in [0.2, 0.25) is 17.9 Å². The van der Waals surface area contributed by atoms with E-state index in [1.54, 1.807) is 76.4 Å². The van der Waals surface area contributed by atoms with Gasteiger partial charge in [0.25, 0.3) is 0 Å². The Labute approximate surface area is 511 Å². The van der Waals surface area contributed by atoms with E-state index >= 15 is 9.59 Å². The van der Waals surface area contributed by atoms with Crippen molar-refractivity contribution in [3.05, 3.63) is 82.9 Å². The summed E-state index contributed by atoms with van der Waals surface area (Å²) in [5.74, 6) is -8.48. The van der Waals surface area contributed by atoms with Crippen LogP contribution >= 0.6 is 11.8 Å². The number of hydrogen-bond donors (Lipinski definition) is 6. The van der Waals surface area contributed by atoms with Crippen LogP contribution in [0.25, 0.3) is 0 Å². The molecule has 87 heavy (non-hydrogen) atoms. The Morgan fingerprint density at radius 3 is 2.08 bits per heavy atom. The number of thioether (sulfide) groups is 1. The number of aliphatic hydroxyl groups excluding tert-OH is 2. The van der Waals surface area contributed by atoms with E-state index < -0.39 is 136 Å². The highest BCUT2D eigenvalue weighted by atomic mass is 32.2. The standard InChI is InChI=1S/C62H85N3O21S/c1-36-42(32-62(77)54(84-55(74)40-21-15-12-16-22-40)52-60(9,53(73)50(72)48(36)59(62,7)8)43(68)31-44-61(52,35-81-44)85-38(3)67)82-56(75)51(49(39-19-13-11-14-20-39)65-57(76)86-58(4,5)6)83-47(71)34-87-33-46(70)63-25-18-17-23-41(37(2)66)64-45(69)24-26-79-29-30-80-28-27-78-10/h11-16,19-22,41-44,49-52,54,68,72,77H,17-18,23-35H2,1-10H3,(H,63,70)(H,64,69)(H,65,76)/t41?,42?,43-,44+,49-,50+,51?,52-,54-,60+,61-,62+/m0/s1. The van der Waals surface area contributed by atoms with Gasteiger partial charge in [-0.3, -0.25) is 28.8 Å². The molecule has 25 heteroatoms. The average molecular weight is 1240 g/mol. The zero-order chi connectivity index (χ0) is 64.1. The molecule has 1 heterocycles. The van der Waals surface area contributed by atoms with Crippen LogP contribution in [0.4, 0.5) is 4.79 Å². The number of unbranched alkanes of at least 4 members (excludes halogenated alkanes) is 1. The van der Waals surface area contributed by atoms with Crippen molar-refractivity contribution in [1.29, 1.82) is 0 Å². The van der Waals surface area contributed by atoms with Gasteiger partial charge in [-0.25, -0.2) is 14.4 Å². The van der Waals surface area contributed by atoms with E-state index in [-0.39, 0.29) is 72.3 Å². The monoisotopic (exact) mass is 1240 g/mol. The fourth-order valence-electron chi connectivity index (χ4n) is 12.1. The predicted octanol–water partition coefficient (Wildman–Crippen LogP) is 3.97. The fourth-order valence-corrected chi connectivity index (χ4v) is 12.7. The molecule has 2 aromatic carbocycles. The molecular weight excluding hydrogens is 1150 g/mol. The zero-order valence-electron chi connectivity index (χ0n) is 51.2. The summed E-state index contributed by atoms with van der Waals surface area (Å²) < 4.78 is 51.9. The fraction of sp³-hybridized carbons (Fsp3) is 0.629. The molecule has 0 aromatic heterocycles. The third kappa shape index (κ3) is 16.7. The third-order valence-electron chi connectivity index (χ3n) is 16.6. The van der Waals surface area contributed by atoms with E-state index in [9.17, 15) is 48.9 Å². The van der Waals surface area contributed by atoms with Gasteiger partial charge >= 0.3 is 30.0 Å². The summed E-state index contributed by atoms with van der Waals surface area (Å²) in [6, 6.07) is 13.4. The normalized spacial score (nSPS) is 26.5. The Kier molecular flexibility index (Phi) is 24.3. The highest BCUT2D eigenvalue weighted by molar-refractivity contribution is 8.00. The summed E-state index contributed by atoms with van der Waals surface area (Å²) in [6.07, 6.45) is -11.0. The molecule has 2 bridgehead atoms. The number of Topliss-reactive ketones (excluding diaryl/α,β-unsaturated/α-hetero) is 2. The molecule has 3 amide bonds. The van der Waals surface area contributed by atoms with Crippen LogP contribution in [0.3, 0.4) is 0 Å². The van der Waals surface area contributed by atoms with Crippen LogP contribution in [-0.2, 0) is 76.2 Å². The Balaban J connectivity index is 1.23. The number of aliphatic hydroxyl groups is 3. The minimum atomic E-state index is -2.49. The van der Waals surface area contributed by atoms with Gasteiger partial charge in [-0.1, -0.05) is 62.4 Å². The molecule has 0 spiro atoms. The molecule has 3 unspecified atom stereocenters. The van der Waals surface area contributed by atoms with Crippen LogP contribution in [0.1, 0.15) is 123 Å². The second-order valence-corrected chi connectivity index (χ2v) is 25.1. The second-order valence-electron chi connectivity index (χ2n) is 24.1. The highest BCUT2D eigenvalue weighted by Crippen LogP contribution is 2.64. The van der Waals surface area contributed by atoms with E-state index in [0.717, 1.165) is 18.7 Å². The maximum atomic E-state index is 15.3. The molecule has 1 saturated heterocycles. The number of esters is 4. The van der Waals surface area contributed by atoms with Crippen molar-refractivity contribution in [3.8, 4) is 0 Å². The molecule has 480 valence electrons. The topological polar surface area (TPSA) is 333 Å². The molecule has 0 radical (unpaired) electrons. The maximum Gasteiger partial charge on any atom is 0.408 e. The van der Waals surface area contributed by atoms with Crippen LogP contribution in [0.5, 0.6) is 0 Å². The molecule has 3 aliphatic carbocycles. The van der Waals surface area contributed by atoms with Gasteiger partial charge in [0, 0.05) is 45.3 Å². The molecule has 2 aromatic rings. The lowest BCUT2D eigenvalue weighted by molar-refractivity contribution is -0.346. The second kappa shape index (κ2) is 30.3. The number of nitrogens with one attached hydrogen (secondary N) is 3. The lowest BCUT2D eigenvalue weighted by atomic mass is 9.44. The summed E-state index contributed by atoms with van der Waals surface area (Å²) >= 11 is 0.852. The van der Waals surface area contributed by atoms with Gasteiger partial charge in [-0.05, 0) is 89.6 Å². The number of alkyl carbamates (subject to hydrolysis) is 1. The first-order chi connectivity index (χ1) is 41.0. The Morgan fingerprint density at radius 2 is 1.47 bits per heavy atom. The highest BCUT2D eigenvalue weighted by Gasteiger charge is 2.78. The van der Waals surface area contributed by atoms with Crippen LogP contribution in [0.15, 0.2) is 71.8 Å². The molecule has 4 aliphatic rings. The summed E-state index contributed by atoms with van der Waals surface area (Å²) in [7, 11) is 1.57. The SMILES string of the molecule is COCCOCCOCCC(=O)NC(CCCCNC(=O)CSCC(=O)OC(C(=O)OC1C[C@@]2(O)[C@@H](OC(=O)c3ccccc3)[C@@H]3[C@]4(OC(C)=O)CO[C@@H]4C[C@H](O)[C@@]3(C)C(=O)[C@H](O)C(=C1C)C2(C)C)[C@@H](NC(=O)OC(C)(C)C)c1ccccc1)C(C)=O. The summed E-state index contributed by atoms with van der Waals surface area (Å²) in [5.41, 5.74) is -9.03. The van der Waals surface area contributed by atoms with Crippen LogP contribution in [0, 0.1) is 16.7 Å². The number of hydrogen-bond acceptors (Lipinski definition) is 22. The van der Waals surface area contributed by atoms with Crippen LogP contribution in [-0.4, -0.2) is 193 Å². The first kappa shape index (κ1) is 69.8. The van der Waals surface area contributed by atoms with Crippen molar-refractivity contribution in [2.45, 2.75) is 166 Å². The number of amides is 3. The third-order valence-corrected chi connectivity index (χ3v) is 17.5. The van der Waals surface area contributed by atoms with Gasteiger partial charge in [0.1, 0.15) is 41.7 Å². The molecule has 1 aliphatic heterocycles. The Hall–Kier alpha value is -6.32. The summed E-state index contributed by atoms with van der Waals surface area (Å²) in [5, 5.41) is 46.6. The predicted molar refractivity (Wildman–Crippen MR) is 312 cm³/mol. The number of benzene rings is 2. The van der Waals surface area contributed by atoms with Crippen molar-refractivity contribution in [2.24, 2.45) is 16.7 Å². The number of ketones is 2. The number of carbonyl (C=O) groups excluding carboxylic acids is 9. The molecule has 12 atom stereocenters. The summed E-state index contributed by atoms with van der Waals surface area (Å²) in [6.45, 7) is 14.7. The molecule has 3 fully saturated rings. The van der Waals surface area contributed by atoms with E-state index in [4.69, 9.17) is 42.6 Å². The van der Waals surface area contributed by atoms with Gasteiger partial charge in [-0.15, -0.1) is 11.8 Å². The van der Waals surface area contributed by atoms with Crippen molar-refractivity contribution >= 4 is 65.1 Å². The number of ether oxygens (including phenoxy) is 9. The first-order valence-corrected chi connectivity index (χ1v) is 30.3. The lowest BCUT2D eigenvalue weighted by Gasteiger charge is -2.67. The van der Waals surface area contributed by atoms with Crippen molar-refractivity contribution < 1.29 is 101 Å².